The summed E-state index contributed by atoms with van der Waals surface area (Å²) in [6, 6.07) is 7.46. The van der Waals surface area contributed by atoms with Crippen molar-refractivity contribution in [1.82, 2.24) is 19.7 Å². The molecule has 0 aliphatic rings. The molecule has 6 heteroatoms. The largest absolute Gasteiger partial charge is 0.382 e. The first-order valence-corrected chi connectivity index (χ1v) is 6.81. The highest BCUT2D eigenvalue weighted by Gasteiger charge is 2.13. The van der Waals surface area contributed by atoms with E-state index in [-0.39, 0.29) is 0 Å². The Morgan fingerprint density at radius 1 is 1.14 bits per heavy atom. The molecule has 2 heterocycles. The van der Waals surface area contributed by atoms with Crippen molar-refractivity contribution >= 4 is 17.4 Å². The average Bonchev–Trinajstić information content (AvgIpc) is 2.81. The molecule has 0 fully saturated rings. The number of aromatic nitrogens is 4. The molecule has 0 saturated heterocycles. The molecule has 0 aliphatic carbocycles. The van der Waals surface area contributed by atoms with Gasteiger partial charge in [0.1, 0.15) is 11.5 Å². The summed E-state index contributed by atoms with van der Waals surface area (Å²) in [5.74, 6) is 0.392. The topological polar surface area (TPSA) is 69.6 Å². The lowest BCUT2D eigenvalue weighted by molar-refractivity contribution is 0.740. The number of hydrogen-bond donors (Lipinski definition) is 1. The second-order valence-corrected chi connectivity index (χ2v) is 5.20. The molecule has 0 bridgehead atoms. The Labute approximate surface area is 127 Å². The van der Waals surface area contributed by atoms with Crippen molar-refractivity contribution in [3.8, 4) is 22.5 Å². The zero-order valence-corrected chi connectivity index (χ0v) is 12.5. The number of benzene rings is 1. The molecule has 0 radical (unpaired) electrons. The van der Waals surface area contributed by atoms with Gasteiger partial charge in [-0.1, -0.05) is 23.7 Å². The molecule has 1 aromatic carbocycles. The fourth-order valence-corrected chi connectivity index (χ4v) is 2.21. The van der Waals surface area contributed by atoms with E-state index in [1.54, 1.807) is 17.1 Å². The van der Waals surface area contributed by atoms with Crippen LogP contribution in [-0.4, -0.2) is 19.7 Å². The highest BCUT2D eigenvalue weighted by Crippen LogP contribution is 2.28. The van der Waals surface area contributed by atoms with E-state index >= 15 is 0 Å². The summed E-state index contributed by atoms with van der Waals surface area (Å²) in [5, 5.41) is 4.91. The Morgan fingerprint density at radius 3 is 2.48 bits per heavy atom. The molecule has 3 rings (SSSR count). The molecule has 0 aliphatic heterocycles. The number of nitrogens with two attached hydrogens (primary N) is 1. The van der Waals surface area contributed by atoms with Crippen molar-refractivity contribution in [2.24, 2.45) is 7.05 Å². The number of nitrogens with zero attached hydrogens (tertiary/aromatic N) is 4. The smallest absolute Gasteiger partial charge is 0.150 e. The third-order valence-electron chi connectivity index (χ3n) is 3.43. The van der Waals surface area contributed by atoms with Crippen LogP contribution >= 0.6 is 11.6 Å². The molecular formula is C15H14ClN5. The van der Waals surface area contributed by atoms with Crippen LogP contribution in [-0.2, 0) is 7.05 Å². The number of halogens is 1. The van der Waals surface area contributed by atoms with Crippen LogP contribution in [0.5, 0.6) is 0 Å². The van der Waals surface area contributed by atoms with Gasteiger partial charge < -0.3 is 5.73 Å². The van der Waals surface area contributed by atoms with Crippen molar-refractivity contribution < 1.29 is 0 Å². The van der Waals surface area contributed by atoms with Crippen LogP contribution in [0.1, 0.15) is 5.69 Å². The van der Waals surface area contributed by atoms with Gasteiger partial charge in [0, 0.05) is 28.9 Å². The molecule has 0 unspecified atom stereocenters. The average molecular weight is 300 g/mol. The predicted octanol–water partition coefficient (Wildman–Crippen LogP) is 3.09. The van der Waals surface area contributed by atoms with Crippen LogP contribution in [0.2, 0.25) is 5.02 Å². The van der Waals surface area contributed by atoms with Gasteiger partial charge in [-0.3, -0.25) is 4.68 Å². The molecule has 0 amide bonds. The maximum absolute atomic E-state index is 5.97. The molecule has 5 nitrogen and oxygen atoms in total. The summed E-state index contributed by atoms with van der Waals surface area (Å²) in [6.07, 6.45) is 3.41. The lowest BCUT2D eigenvalue weighted by Gasteiger charge is -2.07. The van der Waals surface area contributed by atoms with Crippen LogP contribution in [0.15, 0.2) is 36.7 Å². The normalized spacial score (nSPS) is 10.8. The van der Waals surface area contributed by atoms with Crippen LogP contribution in [0.3, 0.4) is 0 Å². The van der Waals surface area contributed by atoms with Crippen LogP contribution < -0.4 is 5.73 Å². The summed E-state index contributed by atoms with van der Waals surface area (Å²) in [5.41, 5.74) is 10.2. The van der Waals surface area contributed by atoms with Crippen molar-refractivity contribution in [2.45, 2.75) is 6.92 Å². The summed E-state index contributed by atoms with van der Waals surface area (Å²) in [7, 11) is 1.88. The minimum Gasteiger partial charge on any atom is -0.382 e. The number of nitrogen functional groups attached to an aromatic ring is 1. The van der Waals surface area contributed by atoms with Crippen LogP contribution in [0, 0.1) is 6.92 Å². The minimum absolute atomic E-state index is 0.392. The molecule has 3 aromatic rings. The Bertz CT molecular complexity index is 792. The fourth-order valence-electron chi connectivity index (χ4n) is 2.09. The van der Waals surface area contributed by atoms with E-state index in [1.807, 2.05) is 38.2 Å². The zero-order chi connectivity index (χ0) is 15.0. The van der Waals surface area contributed by atoms with Crippen LogP contribution in [0.25, 0.3) is 22.5 Å². The van der Waals surface area contributed by atoms with Crippen LogP contribution in [0.4, 0.5) is 5.82 Å². The predicted molar refractivity (Wildman–Crippen MR) is 83.8 cm³/mol. The fraction of sp³-hybridized carbons (Fsp3) is 0.133. The number of rotatable bonds is 2. The van der Waals surface area contributed by atoms with E-state index < -0.39 is 0 Å². The van der Waals surface area contributed by atoms with Gasteiger partial charge in [0.25, 0.3) is 0 Å². The molecule has 2 N–H and O–H groups in total. The van der Waals surface area contributed by atoms with E-state index in [4.69, 9.17) is 17.3 Å². The van der Waals surface area contributed by atoms with E-state index in [2.05, 4.69) is 15.1 Å². The van der Waals surface area contributed by atoms with E-state index in [9.17, 15) is 0 Å². The number of aryl methyl sites for hydroxylation is 1. The third-order valence-corrected chi connectivity index (χ3v) is 3.68. The molecule has 0 saturated carbocycles. The van der Waals surface area contributed by atoms with Gasteiger partial charge in [-0.25, -0.2) is 9.97 Å². The highest BCUT2D eigenvalue weighted by molar-refractivity contribution is 6.30. The first kappa shape index (κ1) is 13.6. The van der Waals surface area contributed by atoms with Gasteiger partial charge in [-0.2, -0.15) is 5.10 Å². The van der Waals surface area contributed by atoms with Crippen molar-refractivity contribution in [2.75, 3.05) is 5.73 Å². The lowest BCUT2D eigenvalue weighted by atomic mass is 10.1. The summed E-state index contributed by atoms with van der Waals surface area (Å²) in [6.45, 7) is 1.97. The van der Waals surface area contributed by atoms with Gasteiger partial charge in [0.05, 0.1) is 18.1 Å². The summed E-state index contributed by atoms with van der Waals surface area (Å²) in [4.78, 5) is 8.88. The Morgan fingerprint density at radius 2 is 1.86 bits per heavy atom. The zero-order valence-electron chi connectivity index (χ0n) is 11.7. The standard InChI is InChI=1S/C15H14ClN5/c1-9-12(7-19-21(9)2)14-15(17)18-8-13(20-14)10-3-5-11(16)6-4-10/h3-8H,1-2H3,(H2,17,18). The minimum atomic E-state index is 0.392. The van der Waals surface area contributed by atoms with E-state index in [0.29, 0.717) is 16.5 Å². The molecular weight excluding hydrogens is 286 g/mol. The van der Waals surface area contributed by atoms with Gasteiger partial charge in [-0.05, 0) is 19.1 Å². The number of hydrogen-bond acceptors (Lipinski definition) is 4. The van der Waals surface area contributed by atoms with Crippen molar-refractivity contribution in [3.05, 3.63) is 47.4 Å². The summed E-state index contributed by atoms with van der Waals surface area (Å²) >= 11 is 5.91. The second kappa shape index (κ2) is 5.18. The molecule has 0 spiro atoms. The maximum Gasteiger partial charge on any atom is 0.150 e. The van der Waals surface area contributed by atoms with E-state index in [0.717, 1.165) is 22.5 Å². The molecule has 106 valence electrons. The second-order valence-electron chi connectivity index (χ2n) is 4.76. The lowest BCUT2D eigenvalue weighted by Crippen LogP contribution is -2.00. The molecule has 2 aromatic heterocycles. The first-order chi connectivity index (χ1) is 10.1. The highest BCUT2D eigenvalue weighted by atomic mass is 35.5. The van der Waals surface area contributed by atoms with Crippen molar-refractivity contribution in [1.29, 1.82) is 0 Å². The SMILES string of the molecule is Cc1c(-c2nc(-c3ccc(Cl)cc3)cnc2N)cnn1C. The Kier molecular flexibility index (Phi) is 3.35. The first-order valence-electron chi connectivity index (χ1n) is 6.43. The summed E-state index contributed by atoms with van der Waals surface area (Å²) < 4.78 is 1.78. The van der Waals surface area contributed by atoms with Gasteiger partial charge in [0.15, 0.2) is 0 Å². The molecule has 21 heavy (non-hydrogen) atoms. The number of anilines is 1. The van der Waals surface area contributed by atoms with E-state index in [1.165, 1.54) is 0 Å². The van der Waals surface area contributed by atoms with Gasteiger partial charge in [-0.15, -0.1) is 0 Å². The third kappa shape index (κ3) is 2.48. The molecule has 0 atom stereocenters. The Balaban J connectivity index is 2.12. The monoisotopic (exact) mass is 299 g/mol. The van der Waals surface area contributed by atoms with Gasteiger partial charge >= 0.3 is 0 Å². The van der Waals surface area contributed by atoms with Gasteiger partial charge in [0.2, 0.25) is 0 Å². The Hall–Kier alpha value is -2.40. The quantitative estimate of drug-likeness (QED) is 0.789. The van der Waals surface area contributed by atoms with Crippen molar-refractivity contribution in [3.63, 3.8) is 0 Å². The maximum atomic E-state index is 5.97.